The molecule has 4 nitrogen and oxygen atoms in total. The fraction of sp³-hybridized carbons (Fsp3) is 0.652. The van der Waals surface area contributed by atoms with E-state index in [0.29, 0.717) is 0 Å². The van der Waals surface area contributed by atoms with Gasteiger partial charge in [-0.25, -0.2) is 0 Å². The fourth-order valence-electron chi connectivity index (χ4n) is 2.38. The molecule has 1 aromatic rings. The van der Waals surface area contributed by atoms with Gasteiger partial charge in [0.25, 0.3) is 10.5 Å². The summed E-state index contributed by atoms with van der Waals surface area (Å²) < 4.78 is 0. The number of rotatable bonds is 12. The first kappa shape index (κ1) is 30.1. The summed E-state index contributed by atoms with van der Waals surface area (Å²) in [5.74, 6) is 0. The van der Waals surface area contributed by atoms with Crippen molar-refractivity contribution in [3.63, 3.8) is 0 Å². The highest BCUT2D eigenvalue weighted by Crippen LogP contribution is 2.01. The van der Waals surface area contributed by atoms with E-state index in [1.54, 1.807) is 0 Å². The van der Waals surface area contributed by atoms with Crippen molar-refractivity contribution in [2.24, 2.45) is 0 Å². The van der Waals surface area contributed by atoms with Crippen molar-refractivity contribution in [1.82, 2.24) is 10.6 Å². The third-order valence-corrected chi connectivity index (χ3v) is 4.37. The van der Waals surface area contributed by atoms with Crippen molar-refractivity contribution in [3.05, 3.63) is 35.9 Å². The fourth-order valence-corrected chi connectivity index (χ4v) is 2.61. The summed E-state index contributed by atoms with van der Waals surface area (Å²) in [6, 6.07) is 10.3. The third kappa shape index (κ3) is 31.8. The standard InChI is InChI=1S/2C8H17NOS.C7H8/c2*1-2-3-4-5-6-7-9-8(10)11;1-7-5-3-2-4-6-7/h2*2-7H2,1H3,(H2,9,10,11);2-6H,1H3. The first-order valence-electron chi connectivity index (χ1n) is 10.9. The van der Waals surface area contributed by atoms with Gasteiger partial charge in [0.15, 0.2) is 0 Å². The Morgan fingerprint density at radius 3 is 1.34 bits per heavy atom. The van der Waals surface area contributed by atoms with Crippen molar-refractivity contribution in [2.75, 3.05) is 13.1 Å². The molecular formula is C23H42N2O2S2. The predicted octanol–water partition coefficient (Wildman–Crippen LogP) is 7.19. The molecule has 0 radical (unpaired) electrons. The first-order valence-corrected chi connectivity index (χ1v) is 11.8. The number of thiol groups is 2. The van der Waals surface area contributed by atoms with Gasteiger partial charge in [0.1, 0.15) is 0 Å². The zero-order valence-corrected chi connectivity index (χ0v) is 20.4. The van der Waals surface area contributed by atoms with Crippen molar-refractivity contribution < 1.29 is 9.59 Å². The van der Waals surface area contributed by atoms with Gasteiger partial charge >= 0.3 is 0 Å². The zero-order chi connectivity index (χ0) is 22.2. The Hall–Kier alpha value is -1.14. The molecule has 0 saturated heterocycles. The van der Waals surface area contributed by atoms with Crippen LogP contribution in [0.4, 0.5) is 9.59 Å². The van der Waals surface area contributed by atoms with E-state index in [-0.39, 0.29) is 10.5 Å². The summed E-state index contributed by atoms with van der Waals surface area (Å²) >= 11 is 7.18. The molecule has 29 heavy (non-hydrogen) atoms. The molecule has 2 amide bonds. The quantitative estimate of drug-likeness (QED) is 0.204. The Balaban J connectivity index is 0. The summed E-state index contributed by atoms with van der Waals surface area (Å²) in [5.41, 5.74) is 1.32. The maximum Gasteiger partial charge on any atom is 0.275 e. The van der Waals surface area contributed by atoms with Crippen LogP contribution < -0.4 is 10.6 Å². The van der Waals surface area contributed by atoms with Gasteiger partial charge in [-0.1, -0.05) is 126 Å². The molecule has 1 rings (SSSR count). The second-order valence-electron chi connectivity index (χ2n) is 6.95. The second-order valence-corrected chi connectivity index (χ2v) is 7.76. The van der Waals surface area contributed by atoms with Crippen molar-refractivity contribution >= 4 is 35.7 Å². The predicted molar refractivity (Wildman–Crippen MR) is 133 cm³/mol. The van der Waals surface area contributed by atoms with Crippen LogP contribution in [0, 0.1) is 6.92 Å². The minimum Gasteiger partial charge on any atom is -0.347 e. The van der Waals surface area contributed by atoms with Crippen LogP contribution in [0.2, 0.25) is 0 Å². The van der Waals surface area contributed by atoms with E-state index in [9.17, 15) is 9.59 Å². The van der Waals surface area contributed by atoms with Crippen molar-refractivity contribution in [2.45, 2.75) is 85.0 Å². The van der Waals surface area contributed by atoms with Gasteiger partial charge in [-0.05, 0) is 19.8 Å². The topological polar surface area (TPSA) is 58.2 Å². The Labute approximate surface area is 189 Å². The lowest BCUT2D eigenvalue weighted by Gasteiger charge is -2.00. The van der Waals surface area contributed by atoms with Gasteiger partial charge in [-0.15, -0.1) is 0 Å². The van der Waals surface area contributed by atoms with Crippen molar-refractivity contribution in [1.29, 1.82) is 0 Å². The number of nitrogens with one attached hydrogen (secondary N) is 2. The van der Waals surface area contributed by atoms with Gasteiger partial charge in [-0.3, -0.25) is 9.59 Å². The minimum atomic E-state index is -0.222. The van der Waals surface area contributed by atoms with Crippen LogP contribution in [0.5, 0.6) is 0 Å². The molecular weight excluding hydrogens is 400 g/mol. The van der Waals surface area contributed by atoms with E-state index < -0.39 is 0 Å². The molecule has 0 fully saturated rings. The maximum absolute atomic E-state index is 10.3. The lowest BCUT2D eigenvalue weighted by atomic mass is 10.1. The summed E-state index contributed by atoms with van der Waals surface area (Å²) in [5, 5.41) is 4.85. The first-order chi connectivity index (χ1) is 13.9. The molecule has 2 N–H and O–H groups in total. The van der Waals surface area contributed by atoms with Crippen LogP contribution in [-0.4, -0.2) is 23.6 Å². The van der Waals surface area contributed by atoms with E-state index >= 15 is 0 Å². The molecule has 0 aliphatic heterocycles. The largest absolute Gasteiger partial charge is 0.347 e. The number of amides is 2. The Morgan fingerprint density at radius 2 is 1.07 bits per heavy atom. The highest BCUT2D eigenvalue weighted by molar-refractivity contribution is 7.96. The van der Waals surface area contributed by atoms with Crippen LogP contribution in [0.3, 0.4) is 0 Å². The molecule has 0 bridgehead atoms. The molecule has 6 heteroatoms. The second kappa shape index (κ2) is 24.9. The van der Waals surface area contributed by atoms with E-state index in [0.717, 1.165) is 25.9 Å². The normalized spacial score (nSPS) is 9.41. The number of unbranched alkanes of at least 4 members (excludes halogenated alkanes) is 8. The Kier molecular flexibility index (Phi) is 25.8. The average Bonchev–Trinajstić information content (AvgIpc) is 2.68. The average molecular weight is 443 g/mol. The monoisotopic (exact) mass is 442 g/mol. The number of hydrogen-bond acceptors (Lipinski definition) is 2. The summed E-state index contributed by atoms with van der Waals surface area (Å²) in [4.78, 5) is 20.6. The maximum atomic E-state index is 10.3. The van der Waals surface area contributed by atoms with Gasteiger partial charge in [0.2, 0.25) is 0 Å². The van der Waals surface area contributed by atoms with Crippen molar-refractivity contribution in [3.8, 4) is 0 Å². The summed E-state index contributed by atoms with van der Waals surface area (Å²) in [7, 11) is 0. The van der Waals surface area contributed by atoms with Gasteiger partial charge in [0.05, 0.1) is 0 Å². The SMILES string of the molecule is CCCCCCCNC(=O)S.CCCCCCCNC(=O)S.Cc1ccccc1. The number of aryl methyl sites for hydroxylation is 1. The third-order valence-electron chi connectivity index (χ3n) is 4.05. The van der Waals surface area contributed by atoms with Gasteiger partial charge < -0.3 is 10.6 Å². The van der Waals surface area contributed by atoms with Crippen LogP contribution in [0.25, 0.3) is 0 Å². The van der Waals surface area contributed by atoms with Gasteiger partial charge in [-0.2, -0.15) is 0 Å². The van der Waals surface area contributed by atoms with Crippen LogP contribution >= 0.6 is 25.3 Å². The molecule has 0 heterocycles. The molecule has 168 valence electrons. The lowest BCUT2D eigenvalue weighted by molar-refractivity contribution is 0.260. The zero-order valence-electron chi connectivity index (χ0n) is 18.6. The Bertz CT molecular complexity index is 459. The van der Waals surface area contributed by atoms with Crippen LogP contribution in [0.1, 0.15) is 83.6 Å². The molecule has 0 aliphatic carbocycles. The van der Waals surface area contributed by atoms with E-state index in [4.69, 9.17) is 0 Å². The van der Waals surface area contributed by atoms with Gasteiger partial charge in [0, 0.05) is 13.1 Å². The Morgan fingerprint density at radius 1 is 0.690 bits per heavy atom. The van der Waals surface area contributed by atoms with E-state index in [1.165, 1.54) is 56.9 Å². The number of carbonyl (C=O) groups is 2. The van der Waals surface area contributed by atoms with E-state index in [1.807, 2.05) is 18.2 Å². The summed E-state index contributed by atoms with van der Waals surface area (Å²) in [6.45, 7) is 8.00. The molecule has 0 unspecified atom stereocenters. The molecule has 0 aromatic heterocycles. The summed E-state index contributed by atoms with van der Waals surface area (Å²) in [6.07, 6.45) is 12.3. The minimum absolute atomic E-state index is 0.222. The molecule has 0 aliphatic rings. The lowest BCUT2D eigenvalue weighted by Crippen LogP contribution is -2.17. The smallest absolute Gasteiger partial charge is 0.275 e. The highest BCUT2D eigenvalue weighted by atomic mass is 32.1. The number of carbonyl (C=O) groups excluding carboxylic acids is 2. The molecule has 0 atom stereocenters. The number of hydrogen-bond donors (Lipinski definition) is 4. The van der Waals surface area contributed by atoms with Crippen LogP contribution in [-0.2, 0) is 0 Å². The van der Waals surface area contributed by atoms with Crippen LogP contribution in [0.15, 0.2) is 30.3 Å². The highest BCUT2D eigenvalue weighted by Gasteiger charge is 1.92. The number of benzene rings is 1. The molecule has 1 aromatic carbocycles. The molecule has 0 spiro atoms. The van der Waals surface area contributed by atoms with E-state index in [2.05, 4.69) is 68.8 Å². The molecule has 0 saturated carbocycles.